The van der Waals surface area contributed by atoms with Crippen molar-refractivity contribution >= 4 is 29.2 Å². The summed E-state index contributed by atoms with van der Waals surface area (Å²) in [7, 11) is 2.17. The fraction of sp³-hybridized carbons (Fsp3) is 0.400. The van der Waals surface area contributed by atoms with Crippen molar-refractivity contribution < 1.29 is 23.4 Å². The number of nitrogens with zero attached hydrogens (tertiary/aromatic N) is 3. The first-order chi connectivity index (χ1) is 24.0. The van der Waals surface area contributed by atoms with Gasteiger partial charge in [0, 0.05) is 57.1 Å². The first kappa shape index (κ1) is 34.4. The van der Waals surface area contributed by atoms with Gasteiger partial charge >= 0.3 is 0 Å². The second-order valence-corrected chi connectivity index (χ2v) is 12.8. The van der Waals surface area contributed by atoms with Gasteiger partial charge in [0.1, 0.15) is 12.4 Å². The summed E-state index contributed by atoms with van der Waals surface area (Å²) < 4.78 is 23.0. The summed E-state index contributed by atoms with van der Waals surface area (Å²) >= 11 is 0. The maximum atomic E-state index is 13.7. The zero-order chi connectivity index (χ0) is 34.0. The smallest absolute Gasteiger partial charge is 0.251 e. The number of anilines is 3. The largest absolute Gasteiger partial charge is 0.491 e. The van der Waals surface area contributed by atoms with Crippen molar-refractivity contribution in [3.63, 3.8) is 0 Å². The van der Waals surface area contributed by atoms with Crippen LogP contribution in [-0.2, 0) is 20.8 Å². The number of carbonyl (C=O) groups excluding carboxylic acids is 1. The molecular weight excluding hydrogens is 616 g/mol. The Balaban J connectivity index is 1.16. The maximum absolute atomic E-state index is 13.7. The van der Waals surface area contributed by atoms with Crippen LogP contribution in [0.2, 0.25) is 0 Å². The van der Waals surface area contributed by atoms with E-state index in [-0.39, 0.29) is 5.91 Å². The molecule has 2 aliphatic heterocycles. The van der Waals surface area contributed by atoms with Crippen molar-refractivity contribution in [2.45, 2.75) is 58.5 Å². The maximum Gasteiger partial charge on any atom is 0.251 e. The van der Waals surface area contributed by atoms with Gasteiger partial charge in [0.2, 0.25) is 5.88 Å². The molecule has 1 saturated heterocycles. The number of unbranched alkanes of at least 4 members (excludes halogenated alkanes) is 1. The number of carbonyl (C=O) groups is 1. The number of nitrogens with one attached hydrogen (secondary N) is 1. The third-order valence-electron chi connectivity index (χ3n) is 9.20. The van der Waals surface area contributed by atoms with Crippen LogP contribution in [0.25, 0.3) is 17.2 Å². The van der Waals surface area contributed by atoms with Crippen LogP contribution in [0.15, 0.2) is 82.9 Å². The fourth-order valence-electron chi connectivity index (χ4n) is 6.35. The summed E-state index contributed by atoms with van der Waals surface area (Å²) in [6, 6.07) is 23.1. The summed E-state index contributed by atoms with van der Waals surface area (Å²) in [5, 5.41) is 3.14. The molecule has 4 aromatic rings. The minimum Gasteiger partial charge on any atom is -0.491 e. The van der Waals surface area contributed by atoms with Crippen LogP contribution >= 0.6 is 0 Å². The Kier molecular flexibility index (Phi) is 11.8. The van der Waals surface area contributed by atoms with E-state index in [0.717, 1.165) is 85.9 Å². The third-order valence-corrected chi connectivity index (χ3v) is 9.20. The van der Waals surface area contributed by atoms with Crippen molar-refractivity contribution in [3.05, 3.63) is 95.5 Å². The molecule has 9 nitrogen and oxygen atoms in total. The number of rotatable bonds is 14. The van der Waals surface area contributed by atoms with Crippen LogP contribution < -0.4 is 15.0 Å². The van der Waals surface area contributed by atoms with Crippen LogP contribution in [0.1, 0.15) is 56.0 Å². The predicted octanol–water partition coefficient (Wildman–Crippen LogP) is 8.02. The molecule has 9 heteroatoms. The fourth-order valence-corrected chi connectivity index (χ4v) is 6.35. The minimum absolute atomic E-state index is 0.112. The van der Waals surface area contributed by atoms with E-state index in [4.69, 9.17) is 18.6 Å². The van der Waals surface area contributed by atoms with Crippen molar-refractivity contribution in [2.75, 3.05) is 56.8 Å². The molecule has 0 spiro atoms. The average Bonchev–Trinajstić information content (AvgIpc) is 3.46. The molecule has 1 fully saturated rings. The summed E-state index contributed by atoms with van der Waals surface area (Å²) in [5.41, 5.74) is 6.69. The molecule has 0 aliphatic carbocycles. The zero-order valence-electron chi connectivity index (χ0n) is 29.0. The first-order valence-corrected chi connectivity index (χ1v) is 17.5. The first-order valence-electron chi connectivity index (χ1n) is 17.5. The van der Waals surface area contributed by atoms with Crippen molar-refractivity contribution in [1.82, 2.24) is 9.88 Å². The molecule has 1 amide bonds. The normalized spacial score (nSPS) is 15.1. The average molecular weight is 665 g/mol. The number of ether oxygens (including phenoxy) is 3. The summed E-state index contributed by atoms with van der Waals surface area (Å²) in [5.74, 6) is 1.95. The second kappa shape index (κ2) is 16.8. The van der Waals surface area contributed by atoms with Crippen molar-refractivity contribution in [1.29, 1.82) is 0 Å². The van der Waals surface area contributed by atoms with Crippen LogP contribution in [-0.4, -0.2) is 68.5 Å². The lowest BCUT2D eigenvalue weighted by Crippen LogP contribution is -2.36. The van der Waals surface area contributed by atoms with Crippen molar-refractivity contribution in [2.24, 2.45) is 0 Å². The monoisotopic (exact) mass is 664 g/mol. The molecule has 0 radical (unpaired) electrons. The van der Waals surface area contributed by atoms with E-state index >= 15 is 0 Å². The van der Waals surface area contributed by atoms with E-state index in [1.165, 1.54) is 5.56 Å². The Morgan fingerprint density at radius 1 is 1.00 bits per heavy atom. The summed E-state index contributed by atoms with van der Waals surface area (Å²) in [6.07, 6.45) is 8.60. The summed E-state index contributed by atoms with van der Waals surface area (Å²) in [6.45, 7) is 8.96. The number of oxazole rings is 1. The number of amides is 1. The molecular formula is C40H48N4O5. The molecule has 1 aromatic heterocycles. The Morgan fingerprint density at radius 3 is 2.51 bits per heavy atom. The highest BCUT2D eigenvalue weighted by atomic mass is 16.5. The topological polar surface area (TPSA) is 89.3 Å². The van der Waals surface area contributed by atoms with Gasteiger partial charge in [-0.25, -0.2) is 4.98 Å². The zero-order valence-corrected chi connectivity index (χ0v) is 29.0. The van der Waals surface area contributed by atoms with Crippen LogP contribution in [0, 0.1) is 6.92 Å². The molecule has 0 bridgehead atoms. The number of fused-ring (bicyclic) bond motifs is 1. The van der Waals surface area contributed by atoms with E-state index in [1.54, 1.807) is 6.20 Å². The third kappa shape index (κ3) is 9.17. The number of aromatic nitrogens is 1. The summed E-state index contributed by atoms with van der Waals surface area (Å²) in [4.78, 5) is 22.6. The highest BCUT2D eigenvalue weighted by Crippen LogP contribution is 2.37. The van der Waals surface area contributed by atoms with E-state index < -0.39 is 0 Å². The van der Waals surface area contributed by atoms with E-state index in [0.29, 0.717) is 49.6 Å². The molecule has 2 aliphatic rings. The van der Waals surface area contributed by atoms with Gasteiger partial charge in [-0.15, -0.1) is 0 Å². The van der Waals surface area contributed by atoms with Gasteiger partial charge in [0.05, 0.1) is 18.5 Å². The van der Waals surface area contributed by atoms with E-state index in [1.807, 2.05) is 37.3 Å². The van der Waals surface area contributed by atoms with Crippen LogP contribution in [0.5, 0.6) is 5.75 Å². The standard InChI is InChI=1S/C40H48N4O5/c1-4-5-20-46-23-24-48-37-13-8-31(9-14-37)32-10-15-38-34(25-32)26-33(16-19-44(38)39-27-41-29(2)49-39)40(45)42-35-11-6-30(7-12-35)28-43(3)36-17-21-47-22-18-36/h6-15,25-27,36H,4-5,16-24,28H2,1-3H3,(H,42,45). The molecule has 258 valence electrons. The Hall–Kier alpha value is -4.44. The van der Waals surface area contributed by atoms with Gasteiger partial charge in [-0.1, -0.05) is 43.7 Å². The molecule has 0 unspecified atom stereocenters. The predicted molar refractivity (Wildman–Crippen MR) is 194 cm³/mol. The number of aryl methyl sites for hydroxylation is 1. The Morgan fingerprint density at radius 2 is 1.78 bits per heavy atom. The molecule has 3 aromatic carbocycles. The van der Waals surface area contributed by atoms with Crippen molar-refractivity contribution in [3.8, 4) is 16.9 Å². The van der Waals surface area contributed by atoms with Gasteiger partial charge < -0.3 is 28.8 Å². The number of hydrogen-bond acceptors (Lipinski definition) is 8. The van der Waals surface area contributed by atoms with Crippen LogP contribution in [0.3, 0.4) is 0 Å². The second-order valence-electron chi connectivity index (χ2n) is 12.8. The highest BCUT2D eigenvalue weighted by Gasteiger charge is 2.24. The number of benzene rings is 3. The number of hydrogen-bond donors (Lipinski definition) is 1. The minimum atomic E-state index is -0.112. The van der Waals surface area contributed by atoms with Crippen LogP contribution in [0.4, 0.5) is 17.3 Å². The molecule has 6 rings (SSSR count). The quantitative estimate of drug-likeness (QED) is 0.136. The Labute approximate surface area is 289 Å². The SMILES string of the molecule is CCCCOCCOc1ccc(-c2ccc3c(c2)C=C(C(=O)Nc2ccc(CN(C)C4CCOCC4)cc2)CCN3c2cnc(C)o2)cc1. The van der Waals surface area contributed by atoms with E-state index in [2.05, 4.69) is 76.5 Å². The van der Waals surface area contributed by atoms with Gasteiger partial charge in [-0.05, 0) is 97.5 Å². The Bertz CT molecular complexity index is 1690. The lowest BCUT2D eigenvalue weighted by Gasteiger charge is -2.31. The molecule has 3 heterocycles. The molecule has 49 heavy (non-hydrogen) atoms. The van der Waals surface area contributed by atoms with Gasteiger partial charge in [0.15, 0.2) is 5.89 Å². The van der Waals surface area contributed by atoms with Gasteiger partial charge in [-0.2, -0.15) is 0 Å². The molecule has 1 N–H and O–H groups in total. The molecule has 0 atom stereocenters. The lowest BCUT2D eigenvalue weighted by atomic mass is 10.00. The van der Waals surface area contributed by atoms with E-state index in [9.17, 15) is 4.79 Å². The highest BCUT2D eigenvalue weighted by molar-refractivity contribution is 6.07. The van der Waals surface area contributed by atoms with Gasteiger partial charge in [0.25, 0.3) is 5.91 Å². The van der Waals surface area contributed by atoms with Gasteiger partial charge in [-0.3, -0.25) is 9.69 Å². The molecule has 0 saturated carbocycles. The lowest BCUT2D eigenvalue weighted by molar-refractivity contribution is -0.112.